The molecule has 0 spiro atoms. The standard InChI is InChI=1S/C18H17FN2O3/c1-24-16-8-4-14(5-9-16)20-18(23)12-10-17(22)21(11-12)15-6-2-13(19)3-7-15/h2-9,12H,10-11H2,1H3,(H,20,23). The number of anilines is 2. The van der Waals surface area contributed by atoms with E-state index in [9.17, 15) is 14.0 Å². The molecule has 0 aromatic heterocycles. The summed E-state index contributed by atoms with van der Waals surface area (Å²) in [6, 6.07) is 12.7. The van der Waals surface area contributed by atoms with Crippen LogP contribution in [-0.4, -0.2) is 25.5 Å². The van der Waals surface area contributed by atoms with Crippen molar-refractivity contribution in [1.82, 2.24) is 0 Å². The Labute approximate surface area is 139 Å². The monoisotopic (exact) mass is 328 g/mol. The summed E-state index contributed by atoms with van der Waals surface area (Å²) in [4.78, 5) is 26.0. The second kappa shape index (κ2) is 6.70. The van der Waals surface area contributed by atoms with E-state index in [1.54, 1.807) is 31.4 Å². The summed E-state index contributed by atoms with van der Waals surface area (Å²) in [5.41, 5.74) is 1.25. The van der Waals surface area contributed by atoms with Gasteiger partial charge in [0.1, 0.15) is 11.6 Å². The van der Waals surface area contributed by atoms with Crippen molar-refractivity contribution in [2.24, 2.45) is 5.92 Å². The number of nitrogens with one attached hydrogen (secondary N) is 1. The van der Waals surface area contributed by atoms with Crippen LogP contribution in [0.1, 0.15) is 6.42 Å². The molecule has 2 aromatic carbocycles. The van der Waals surface area contributed by atoms with Gasteiger partial charge in [-0.15, -0.1) is 0 Å². The molecule has 3 rings (SSSR count). The van der Waals surface area contributed by atoms with Crippen molar-refractivity contribution in [3.63, 3.8) is 0 Å². The minimum atomic E-state index is -0.440. The fourth-order valence-corrected chi connectivity index (χ4v) is 2.67. The van der Waals surface area contributed by atoms with E-state index in [2.05, 4.69) is 5.32 Å². The van der Waals surface area contributed by atoms with Gasteiger partial charge in [-0.05, 0) is 48.5 Å². The van der Waals surface area contributed by atoms with E-state index in [0.29, 0.717) is 17.1 Å². The Morgan fingerprint density at radius 2 is 1.83 bits per heavy atom. The van der Waals surface area contributed by atoms with Crippen molar-refractivity contribution in [2.75, 3.05) is 23.9 Å². The van der Waals surface area contributed by atoms with Gasteiger partial charge in [0.15, 0.2) is 0 Å². The molecule has 0 saturated carbocycles. The number of carbonyl (C=O) groups excluding carboxylic acids is 2. The first-order valence-corrected chi connectivity index (χ1v) is 7.57. The quantitative estimate of drug-likeness (QED) is 0.939. The highest BCUT2D eigenvalue weighted by Gasteiger charge is 2.35. The minimum Gasteiger partial charge on any atom is -0.497 e. The van der Waals surface area contributed by atoms with Crippen LogP contribution in [0.2, 0.25) is 0 Å². The van der Waals surface area contributed by atoms with E-state index in [0.717, 1.165) is 0 Å². The van der Waals surface area contributed by atoms with Crippen LogP contribution in [0.15, 0.2) is 48.5 Å². The minimum absolute atomic E-state index is 0.138. The SMILES string of the molecule is COc1ccc(NC(=O)C2CC(=O)N(c3ccc(F)cc3)C2)cc1. The molecule has 5 nitrogen and oxygen atoms in total. The summed E-state index contributed by atoms with van der Waals surface area (Å²) in [5.74, 6) is -0.454. The molecular weight excluding hydrogens is 311 g/mol. The molecule has 2 amide bonds. The van der Waals surface area contributed by atoms with Crippen molar-refractivity contribution >= 4 is 23.2 Å². The maximum absolute atomic E-state index is 13.0. The Bertz CT molecular complexity index is 744. The molecule has 124 valence electrons. The van der Waals surface area contributed by atoms with Gasteiger partial charge in [-0.3, -0.25) is 9.59 Å². The maximum Gasteiger partial charge on any atom is 0.229 e. The van der Waals surface area contributed by atoms with Crippen molar-refractivity contribution in [3.05, 3.63) is 54.3 Å². The van der Waals surface area contributed by atoms with Crippen molar-refractivity contribution in [1.29, 1.82) is 0 Å². The normalized spacial score (nSPS) is 17.0. The number of hydrogen-bond acceptors (Lipinski definition) is 3. The maximum atomic E-state index is 13.0. The van der Waals surface area contributed by atoms with Gasteiger partial charge in [-0.2, -0.15) is 0 Å². The van der Waals surface area contributed by atoms with Crippen LogP contribution in [0.5, 0.6) is 5.75 Å². The van der Waals surface area contributed by atoms with Gasteiger partial charge in [-0.25, -0.2) is 4.39 Å². The first kappa shape index (κ1) is 16.0. The first-order valence-electron chi connectivity index (χ1n) is 7.57. The smallest absolute Gasteiger partial charge is 0.229 e. The van der Waals surface area contributed by atoms with Crippen LogP contribution in [0.4, 0.5) is 15.8 Å². The molecule has 0 radical (unpaired) electrons. The number of methoxy groups -OCH3 is 1. The second-order valence-corrected chi connectivity index (χ2v) is 5.60. The Morgan fingerprint density at radius 1 is 1.17 bits per heavy atom. The largest absolute Gasteiger partial charge is 0.497 e. The Balaban J connectivity index is 1.66. The van der Waals surface area contributed by atoms with Gasteiger partial charge in [0.25, 0.3) is 0 Å². The molecule has 1 aliphatic rings. The fourth-order valence-electron chi connectivity index (χ4n) is 2.67. The van der Waals surface area contributed by atoms with E-state index in [4.69, 9.17) is 4.74 Å². The lowest BCUT2D eigenvalue weighted by Gasteiger charge is -2.16. The summed E-state index contributed by atoms with van der Waals surface area (Å²) in [6.45, 7) is 0.284. The fraction of sp³-hybridized carbons (Fsp3) is 0.222. The third-order valence-corrected chi connectivity index (χ3v) is 3.99. The van der Waals surface area contributed by atoms with E-state index in [-0.39, 0.29) is 30.6 Å². The average Bonchev–Trinajstić information content (AvgIpc) is 2.98. The van der Waals surface area contributed by atoms with Gasteiger partial charge in [-0.1, -0.05) is 0 Å². The number of nitrogens with zero attached hydrogens (tertiary/aromatic N) is 1. The number of ether oxygens (including phenoxy) is 1. The van der Waals surface area contributed by atoms with E-state index in [1.807, 2.05) is 0 Å². The number of rotatable bonds is 4. The predicted molar refractivity (Wildman–Crippen MR) is 88.5 cm³/mol. The molecule has 1 fully saturated rings. The highest BCUT2D eigenvalue weighted by Crippen LogP contribution is 2.26. The molecule has 1 heterocycles. The Hall–Kier alpha value is -2.89. The van der Waals surface area contributed by atoms with Gasteiger partial charge >= 0.3 is 0 Å². The van der Waals surface area contributed by atoms with E-state index < -0.39 is 5.92 Å². The van der Waals surface area contributed by atoms with E-state index >= 15 is 0 Å². The van der Waals surface area contributed by atoms with Crippen LogP contribution in [-0.2, 0) is 9.59 Å². The number of amides is 2. The van der Waals surface area contributed by atoms with Gasteiger partial charge < -0.3 is 15.0 Å². The molecule has 1 saturated heterocycles. The zero-order chi connectivity index (χ0) is 17.1. The molecule has 1 N–H and O–H groups in total. The number of carbonyl (C=O) groups is 2. The number of hydrogen-bond donors (Lipinski definition) is 1. The molecule has 0 bridgehead atoms. The molecule has 6 heteroatoms. The van der Waals surface area contributed by atoms with E-state index in [1.165, 1.54) is 29.2 Å². The lowest BCUT2D eigenvalue weighted by Crippen LogP contribution is -2.28. The second-order valence-electron chi connectivity index (χ2n) is 5.60. The third kappa shape index (κ3) is 3.37. The average molecular weight is 328 g/mol. The predicted octanol–water partition coefficient (Wildman–Crippen LogP) is 2.83. The highest BCUT2D eigenvalue weighted by molar-refractivity contribution is 6.03. The first-order chi connectivity index (χ1) is 11.6. The molecule has 1 unspecified atom stereocenters. The molecule has 24 heavy (non-hydrogen) atoms. The number of halogens is 1. The van der Waals surface area contributed by atoms with Crippen LogP contribution in [0.25, 0.3) is 0 Å². The lowest BCUT2D eigenvalue weighted by atomic mass is 10.1. The van der Waals surface area contributed by atoms with Crippen molar-refractivity contribution in [2.45, 2.75) is 6.42 Å². The number of benzene rings is 2. The molecular formula is C18H17FN2O3. The Morgan fingerprint density at radius 3 is 2.46 bits per heavy atom. The lowest BCUT2D eigenvalue weighted by molar-refractivity contribution is -0.122. The summed E-state index contributed by atoms with van der Waals surface area (Å²) in [6.07, 6.45) is 0.138. The van der Waals surface area contributed by atoms with Crippen molar-refractivity contribution < 1.29 is 18.7 Å². The van der Waals surface area contributed by atoms with Gasteiger partial charge in [0, 0.05) is 24.3 Å². The molecule has 1 atom stereocenters. The summed E-state index contributed by atoms with van der Waals surface area (Å²) in [5, 5.41) is 2.80. The third-order valence-electron chi connectivity index (χ3n) is 3.99. The Kier molecular flexibility index (Phi) is 4.46. The van der Waals surface area contributed by atoms with Crippen molar-refractivity contribution in [3.8, 4) is 5.75 Å². The highest BCUT2D eigenvalue weighted by atomic mass is 19.1. The summed E-state index contributed by atoms with van der Waals surface area (Å²) >= 11 is 0. The molecule has 1 aliphatic heterocycles. The zero-order valence-electron chi connectivity index (χ0n) is 13.2. The molecule has 2 aromatic rings. The van der Waals surface area contributed by atoms with Gasteiger partial charge in [0.2, 0.25) is 11.8 Å². The van der Waals surface area contributed by atoms with Crippen LogP contribution >= 0.6 is 0 Å². The summed E-state index contributed by atoms with van der Waals surface area (Å²) < 4.78 is 18.1. The summed E-state index contributed by atoms with van der Waals surface area (Å²) in [7, 11) is 1.57. The van der Waals surface area contributed by atoms with Gasteiger partial charge in [0.05, 0.1) is 13.0 Å². The molecule has 0 aliphatic carbocycles. The zero-order valence-corrected chi connectivity index (χ0v) is 13.2. The van der Waals surface area contributed by atoms with Crippen LogP contribution in [0.3, 0.4) is 0 Å². The van der Waals surface area contributed by atoms with Crippen LogP contribution < -0.4 is 15.0 Å². The topological polar surface area (TPSA) is 58.6 Å². The van der Waals surface area contributed by atoms with Crippen LogP contribution in [0, 0.1) is 11.7 Å².